The van der Waals surface area contributed by atoms with E-state index in [2.05, 4.69) is 82.0 Å². The van der Waals surface area contributed by atoms with E-state index in [0.717, 1.165) is 0 Å². The maximum Gasteiger partial charge on any atom is -0.00246 e. The Morgan fingerprint density at radius 3 is 1.89 bits per heavy atom. The molecule has 1 fully saturated rings. The summed E-state index contributed by atoms with van der Waals surface area (Å²) in [4.78, 5) is 0. The first-order valence-electron chi connectivity index (χ1n) is 10.1. The standard InChI is InChI=1S/C26H25P/c27-24-17-15-20-11-5-7-13-22(20)26(24)25-21-12-6-4-10-19(21)14-16-23(25)18-8-2-1-3-9-18/h4-7,10-18H,1-3,8-9,27H2. The summed E-state index contributed by atoms with van der Waals surface area (Å²) < 4.78 is 0. The molecular weight excluding hydrogens is 343 g/mol. The van der Waals surface area contributed by atoms with E-state index in [4.69, 9.17) is 0 Å². The van der Waals surface area contributed by atoms with Crippen LogP contribution in [0.5, 0.6) is 0 Å². The van der Waals surface area contributed by atoms with Crippen LogP contribution in [0.1, 0.15) is 43.6 Å². The van der Waals surface area contributed by atoms with Gasteiger partial charge in [0.15, 0.2) is 0 Å². The summed E-state index contributed by atoms with van der Waals surface area (Å²) in [5.74, 6) is 0.682. The van der Waals surface area contributed by atoms with Crippen molar-refractivity contribution in [1.82, 2.24) is 0 Å². The molecule has 0 heterocycles. The molecule has 0 aromatic heterocycles. The van der Waals surface area contributed by atoms with Crippen molar-refractivity contribution in [2.75, 3.05) is 0 Å². The molecule has 0 aliphatic heterocycles. The predicted molar refractivity (Wildman–Crippen MR) is 122 cm³/mol. The highest BCUT2D eigenvalue weighted by Crippen LogP contribution is 2.43. The van der Waals surface area contributed by atoms with Gasteiger partial charge in [0, 0.05) is 0 Å². The van der Waals surface area contributed by atoms with E-state index in [1.165, 1.54) is 70.1 Å². The Morgan fingerprint density at radius 2 is 1.19 bits per heavy atom. The van der Waals surface area contributed by atoms with Gasteiger partial charge in [-0.1, -0.05) is 92.1 Å². The average Bonchev–Trinajstić information content (AvgIpc) is 2.74. The molecule has 0 radical (unpaired) electrons. The zero-order chi connectivity index (χ0) is 18.2. The van der Waals surface area contributed by atoms with Crippen LogP contribution in [0.25, 0.3) is 32.7 Å². The van der Waals surface area contributed by atoms with Gasteiger partial charge >= 0.3 is 0 Å². The first-order chi connectivity index (χ1) is 13.3. The lowest BCUT2D eigenvalue weighted by Gasteiger charge is -2.26. The van der Waals surface area contributed by atoms with E-state index >= 15 is 0 Å². The van der Waals surface area contributed by atoms with Crippen LogP contribution in [0.4, 0.5) is 0 Å². The van der Waals surface area contributed by atoms with Gasteiger partial charge in [0.25, 0.3) is 0 Å². The SMILES string of the molecule is Pc1ccc2ccccc2c1-c1c(C2CCCCC2)ccc2ccccc12. The molecule has 0 N–H and O–H groups in total. The molecule has 1 aliphatic rings. The maximum atomic E-state index is 2.99. The summed E-state index contributed by atoms with van der Waals surface area (Å²) in [6.07, 6.45) is 6.76. The molecule has 1 unspecified atom stereocenters. The second kappa shape index (κ2) is 7.10. The molecule has 134 valence electrons. The van der Waals surface area contributed by atoms with Crippen molar-refractivity contribution in [3.8, 4) is 11.1 Å². The highest BCUT2D eigenvalue weighted by molar-refractivity contribution is 7.28. The van der Waals surface area contributed by atoms with Crippen LogP contribution in [0.3, 0.4) is 0 Å². The Kier molecular flexibility index (Phi) is 4.46. The summed E-state index contributed by atoms with van der Waals surface area (Å²) in [7, 11) is 2.99. The molecule has 1 saturated carbocycles. The molecule has 5 rings (SSSR count). The molecule has 0 spiro atoms. The molecule has 0 nitrogen and oxygen atoms in total. The van der Waals surface area contributed by atoms with Crippen LogP contribution in [0.2, 0.25) is 0 Å². The fourth-order valence-corrected chi connectivity index (χ4v) is 5.28. The summed E-state index contributed by atoms with van der Waals surface area (Å²) in [6.45, 7) is 0. The monoisotopic (exact) mass is 368 g/mol. The van der Waals surface area contributed by atoms with Gasteiger partial charge in [-0.2, -0.15) is 0 Å². The average molecular weight is 368 g/mol. The molecule has 1 aliphatic carbocycles. The van der Waals surface area contributed by atoms with Crippen LogP contribution in [-0.4, -0.2) is 0 Å². The Labute approximate surface area is 163 Å². The molecule has 4 aromatic carbocycles. The third-order valence-corrected chi connectivity index (χ3v) is 6.70. The largest absolute Gasteiger partial charge is 0.105 e. The quantitative estimate of drug-likeness (QED) is 0.328. The van der Waals surface area contributed by atoms with Gasteiger partial charge in [0.2, 0.25) is 0 Å². The van der Waals surface area contributed by atoms with Crippen LogP contribution < -0.4 is 5.30 Å². The second-order valence-corrected chi connectivity index (χ2v) is 8.46. The lowest BCUT2D eigenvalue weighted by Crippen LogP contribution is -2.08. The van der Waals surface area contributed by atoms with Crippen LogP contribution >= 0.6 is 9.24 Å². The van der Waals surface area contributed by atoms with E-state index in [1.807, 2.05) is 0 Å². The van der Waals surface area contributed by atoms with Crippen molar-refractivity contribution in [1.29, 1.82) is 0 Å². The minimum atomic E-state index is 0.682. The fraction of sp³-hybridized carbons (Fsp3) is 0.231. The van der Waals surface area contributed by atoms with Crippen molar-refractivity contribution in [2.45, 2.75) is 38.0 Å². The molecule has 4 aromatic rings. The van der Waals surface area contributed by atoms with Crippen molar-refractivity contribution in [3.05, 3.63) is 78.4 Å². The number of fused-ring (bicyclic) bond motifs is 2. The summed E-state index contributed by atoms with van der Waals surface area (Å²) in [6, 6.07) is 27.0. The first kappa shape index (κ1) is 17.0. The van der Waals surface area contributed by atoms with Crippen molar-refractivity contribution < 1.29 is 0 Å². The van der Waals surface area contributed by atoms with Gasteiger partial charge in [-0.15, -0.1) is 9.24 Å². The van der Waals surface area contributed by atoms with Gasteiger partial charge in [-0.3, -0.25) is 0 Å². The zero-order valence-corrected chi connectivity index (χ0v) is 16.8. The normalized spacial score (nSPS) is 15.4. The summed E-state index contributed by atoms with van der Waals surface area (Å²) in [5, 5.41) is 6.70. The number of hydrogen-bond acceptors (Lipinski definition) is 0. The highest BCUT2D eigenvalue weighted by atomic mass is 31.0. The molecular formula is C26H25P. The smallest absolute Gasteiger partial charge is 0.00246 e. The Bertz CT molecular complexity index is 1120. The Morgan fingerprint density at radius 1 is 0.593 bits per heavy atom. The summed E-state index contributed by atoms with van der Waals surface area (Å²) >= 11 is 0. The topological polar surface area (TPSA) is 0 Å². The highest BCUT2D eigenvalue weighted by Gasteiger charge is 2.22. The molecule has 1 atom stereocenters. The van der Waals surface area contributed by atoms with Crippen molar-refractivity contribution in [2.24, 2.45) is 0 Å². The molecule has 0 bridgehead atoms. The van der Waals surface area contributed by atoms with E-state index < -0.39 is 0 Å². The Hall–Kier alpha value is -2.17. The number of rotatable bonds is 2. The minimum Gasteiger partial charge on any atom is -0.105 e. The van der Waals surface area contributed by atoms with Gasteiger partial charge in [-0.05, 0) is 62.3 Å². The number of hydrogen-bond donors (Lipinski definition) is 0. The molecule has 1 heteroatoms. The van der Waals surface area contributed by atoms with Gasteiger partial charge in [-0.25, -0.2) is 0 Å². The second-order valence-electron chi connectivity index (χ2n) is 7.84. The molecule has 0 amide bonds. The van der Waals surface area contributed by atoms with E-state index in [0.29, 0.717) is 5.92 Å². The zero-order valence-electron chi connectivity index (χ0n) is 15.6. The van der Waals surface area contributed by atoms with Gasteiger partial charge < -0.3 is 0 Å². The van der Waals surface area contributed by atoms with Crippen molar-refractivity contribution >= 4 is 36.1 Å². The van der Waals surface area contributed by atoms with Crippen LogP contribution in [0.15, 0.2) is 72.8 Å². The Balaban J connectivity index is 1.88. The van der Waals surface area contributed by atoms with Gasteiger partial charge in [0.1, 0.15) is 0 Å². The maximum absolute atomic E-state index is 2.99. The first-order valence-corrected chi connectivity index (χ1v) is 10.7. The van der Waals surface area contributed by atoms with Crippen LogP contribution in [-0.2, 0) is 0 Å². The lowest BCUT2D eigenvalue weighted by molar-refractivity contribution is 0.444. The third-order valence-electron chi connectivity index (χ3n) is 6.22. The fourth-order valence-electron chi connectivity index (χ4n) is 4.89. The van der Waals surface area contributed by atoms with Crippen molar-refractivity contribution in [3.63, 3.8) is 0 Å². The predicted octanol–water partition coefficient (Wildman–Crippen LogP) is 7.21. The number of benzene rings is 4. The summed E-state index contributed by atoms with van der Waals surface area (Å²) in [5.41, 5.74) is 4.41. The van der Waals surface area contributed by atoms with Gasteiger partial charge in [0.05, 0.1) is 0 Å². The lowest BCUT2D eigenvalue weighted by atomic mass is 9.78. The minimum absolute atomic E-state index is 0.682. The van der Waals surface area contributed by atoms with E-state index in [9.17, 15) is 0 Å². The van der Waals surface area contributed by atoms with E-state index in [1.54, 1.807) is 5.56 Å². The van der Waals surface area contributed by atoms with E-state index in [-0.39, 0.29) is 0 Å². The third kappa shape index (κ3) is 2.97. The molecule has 27 heavy (non-hydrogen) atoms. The van der Waals surface area contributed by atoms with Crippen LogP contribution in [0, 0.1) is 0 Å². The molecule has 0 saturated heterocycles.